The molecule has 0 unspecified atom stereocenters. The van der Waals surface area contributed by atoms with Gasteiger partial charge in [-0.3, -0.25) is 0 Å². The maximum atomic E-state index is 2.73. The van der Waals surface area contributed by atoms with E-state index in [4.69, 9.17) is 0 Å². The van der Waals surface area contributed by atoms with Gasteiger partial charge in [-0.05, 0) is 0 Å². The molecule has 0 N–H and O–H groups in total. The number of rotatable bonds is 6. The van der Waals surface area contributed by atoms with Crippen LogP contribution in [0.5, 0.6) is 0 Å². The molecule has 1 aliphatic heterocycles. The van der Waals surface area contributed by atoms with Gasteiger partial charge in [0.2, 0.25) is 0 Å². The van der Waals surface area contributed by atoms with Crippen molar-refractivity contribution in [2.24, 2.45) is 0 Å². The number of hydrogen-bond donors (Lipinski definition) is 0. The first-order valence-corrected chi connectivity index (χ1v) is 28.2. The zero-order valence-electron chi connectivity index (χ0n) is 22.2. The zero-order chi connectivity index (χ0) is 24.7. The van der Waals surface area contributed by atoms with E-state index in [1.165, 1.54) is 16.5 Å². The van der Waals surface area contributed by atoms with Crippen LogP contribution in [0.15, 0.2) is 103 Å². The predicted molar refractivity (Wildman–Crippen MR) is 162 cm³/mol. The normalized spacial score (nSPS) is 16.2. The van der Waals surface area contributed by atoms with Crippen molar-refractivity contribution in [3.8, 4) is 0 Å². The Labute approximate surface area is 214 Å². The fourth-order valence-electron chi connectivity index (χ4n) is 6.70. The molecule has 0 bridgehead atoms. The molecule has 1 heterocycles. The topological polar surface area (TPSA) is 0 Å². The minimum absolute atomic E-state index is 0.282. The zero-order valence-corrected chi connectivity index (χ0v) is 27.1. The summed E-state index contributed by atoms with van der Waals surface area (Å²) in [4.78, 5) is 5.47. The average Bonchev–Trinajstić information content (AvgIpc) is 3.03. The van der Waals surface area contributed by atoms with Gasteiger partial charge in [0.15, 0.2) is 0 Å². The van der Waals surface area contributed by atoms with Gasteiger partial charge in [0.05, 0.1) is 0 Å². The summed E-state index contributed by atoms with van der Waals surface area (Å²) in [6, 6.07) is 34.0. The van der Waals surface area contributed by atoms with Gasteiger partial charge < -0.3 is 0 Å². The summed E-state index contributed by atoms with van der Waals surface area (Å²) in [6.45, 7) is 15.9. The maximum absolute atomic E-state index is 2.79. The number of allylic oxidation sites excluding steroid dienone is 2. The van der Waals surface area contributed by atoms with E-state index in [2.05, 4.69) is 140 Å². The predicted octanol–water partition coefficient (Wildman–Crippen LogP) is 7.14. The summed E-state index contributed by atoms with van der Waals surface area (Å²) in [5, 5.41) is 0. The van der Waals surface area contributed by atoms with E-state index in [-0.39, 0.29) is 6.71 Å². The van der Waals surface area contributed by atoms with Gasteiger partial charge in [0.25, 0.3) is 0 Å². The van der Waals surface area contributed by atoms with Crippen molar-refractivity contribution in [2.75, 3.05) is 0 Å². The van der Waals surface area contributed by atoms with Crippen molar-refractivity contribution in [2.45, 2.75) is 49.2 Å². The summed E-state index contributed by atoms with van der Waals surface area (Å²) < 4.78 is 3.87. The third-order valence-electron chi connectivity index (χ3n) is 7.16. The molecule has 0 aliphatic carbocycles. The molecule has 4 rings (SSSR count). The standard InChI is InChI=1S/C28H33BSi2.2CH3.Sn/c1-30(2,3)22-27(24-16-10-7-11-17-24)28(23-31(4,5)6)29(25-18-12-8-13-19-25)26-20-14-9-15-21-26;;;/h7-21H,1-6H3;2*1H3;. The van der Waals surface area contributed by atoms with Crippen LogP contribution >= 0.6 is 0 Å². The van der Waals surface area contributed by atoms with Crippen molar-refractivity contribution in [1.82, 2.24) is 0 Å². The molecule has 3 aromatic rings. The van der Waals surface area contributed by atoms with Crippen LogP contribution in [0.1, 0.15) is 5.56 Å². The molecule has 0 amide bonds. The molecule has 34 heavy (non-hydrogen) atoms. The summed E-state index contributed by atoms with van der Waals surface area (Å²) >= 11 is -2.79. The summed E-state index contributed by atoms with van der Waals surface area (Å²) in [5.74, 6) is 0. The molecule has 1 aliphatic rings. The Morgan fingerprint density at radius 2 is 0.912 bits per heavy atom. The Hall–Kier alpha value is -1.56. The molecule has 174 valence electrons. The van der Waals surface area contributed by atoms with E-state index in [1.807, 2.05) is 6.42 Å². The SMILES string of the molecule is C[Si](C)(C)[C]1=C(B(c2ccccc2)c2ccccc2)C(c2ccccc2)=[C]([Si](C)(C)C)[Sn]1([CH3])[CH3]. The van der Waals surface area contributed by atoms with Crippen molar-refractivity contribution in [1.29, 1.82) is 0 Å². The molecule has 0 nitrogen and oxygen atoms in total. The van der Waals surface area contributed by atoms with Crippen LogP contribution in [0, 0.1) is 0 Å². The Balaban J connectivity index is 2.19. The van der Waals surface area contributed by atoms with Crippen LogP contribution in [0.25, 0.3) is 5.57 Å². The van der Waals surface area contributed by atoms with Gasteiger partial charge >= 0.3 is 215 Å². The Morgan fingerprint density at radius 3 is 1.29 bits per heavy atom. The fraction of sp³-hybridized carbons (Fsp3) is 0.267. The van der Waals surface area contributed by atoms with E-state index < -0.39 is 34.5 Å². The molecular weight excluding hydrogens is 546 g/mol. The Bertz CT molecular complexity index is 1180. The van der Waals surface area contributed by atoms with Gasteiger partial charge in [0, 0.05) is 0 Å². The van der Waals surface area contributed by atoms with Crippen LogP contribution in [0.3, 0.4) is 0 Å². The molecule has 0 atom stereocenters. The van der Waals surface area contributed by atoms with Gasteiger partial charge in [-0.1, -0.05) is 0 Å². The summed E-state index contributed by atoms with van der Waals surface area (Å²) in [5.41, 5.74) is 7.60. The van der Waals surface area contributed by atoms with E-state index in [1.54, 1.807) is 11.0 Å². The van der Waals surface area contributed by atoms with Crippen LogP contribution in [0.4, 0.5) is 0 Å². The quantitative estimate of drug-likeness (QED) is 0.270. The van der Waals surface area contributed by atoms with E-state index >= 15 is 0 Å². The molecule has 0 spiro atoms. The van der Waals surface area contributed by atoms with Gasteiger partial charge in [-0.2, -0.15) is 0 Å². The Kier molecular flexibility index (Phi) is 7.12. The molecule has 0 fully saturated rings. The summed E-state index contributed by atoms with van der Waals surface area (Å²) in [7, 11) is -3.16. The minimum atomic E-state index is -2.79. The third kappa shape index (κ3) is 4.76. The first kappa shape index (κ1) is 25.5. The molecule has 0 aromatic heterocycles. The van der Waals surface area contributed by atoms with Crippen LogP contribution in [-0.4, -0.2) is 41.2 Å². The second-order valence-corrected chi connectivity index (χ2v) is 37.3. The van der Waals surface area contributed by atoms with Crippen molar-refractivity contribution >= 4 is 57.7 Å². The van der Waals surface area contributed by atoms with Crippen molar-refractivity contribution in [3.63, 3.8) is 0 Å². The molecule has 0 saturated carbocycles. The monoisotopic (exact) mass is 586 g/mol. The van der Waals surface area contributed by atoms with E-state index in [0.717, 1.165) is 0 Å². The molecule has 0 radical (unpaired) electrons. The molecule has 4 heteroatoms. The third-order valence-corrected chi connectivity index (χ3v) is 40.5. The summed E-state index contributed by atoms with van der Waals surface area (Å²) in [6.07, 6.45) is 0. The molecular formula is C30H39BSi2Sn. The Morgan fingerprint density at radius 1 is 0.529 bits per heavy atom. The first-order valence-electron chi connectivity index (χ1n) is 12.6. The van der Waals surface area contributed by atoms with Crippen LogP contribution in [0.2, 0.25) is 49.2 Å². The number of benzene rings is 3. The molecule has 3 aromatic carbocycles. The number of hydrogen-bond acceptors (Lipinski definition) is 0. The second kappa shape index (κ2) is 9.48. The van der Waals surface area contributed by atoms with E-state index in [9.17, 15) is 0 Å². The van der Waals surface area contributed by atoms with Crippen molar-refractivity contribution in [3.05, 3.63) is 108 Å². The van der Waals surface area contributed by atoms with Gasteiger partial charge in [-0.15, -0.1) is 0 Å². The van der Waals surface area contributed by atoms with Gasteiger partial charge in [-0.25, -0.2) is 0 Å². The van der Waals surface area contributed by atoms with Gasteiger partial charge in [0.1, 0.15) is 0 Å². The molecule has 0 saturated heterocycles. The van der Waals surface area contributed by atoms with E-state index in [0.29, 0.717) is 0 Å². The second-order valence-electron chi connectivity index (χ2n) is 12.3. The average molecular weight is 585 g/mol. The van der Waals surface area contributed by atoms with Crippen LogP contribution < -0.4 is 10.9 Å². The first-order chi connectivity index (χ1) is 15.9. The van der Waals surface area contributed by atoms with Crippen LogP contribution in [-0.2, 0) is 0 Å². The van der Waals surface area contributed by atoms with Crippen molar-refractivity contribution < 1.29 is 0 Å². The fourth-order valence-corrected chi connectivity index (χ4v) is 53.2.